The van der Waals surface area contributed by atoms with Gasteiger partial charge in [-0.15, -0.1) is 0 Å². The van der Waals surface area contributed by atoms with E-state index in [-0.39, 0.29) is 6.71 Å². The lowest BCUT2D eigenvalue weighted by atomic mass is 9.32. The fraction of sp³-hybridized carbons (Fsp3) is 0.0385. The predicted octanol–water partition coefficient (Wildman–Crippen LogP) is 10.4. The topological polar surface area (TPSA) is 0 Å². The van der Waals surface area contributed by atoms with E-state index in [0.29, 0.717) is 0 Å². The van der Waals surface area contributed by atoms with Crippen LogP contribution >= 0.6 is 0 Å². The maximum Gasteiger partial charge on any atom is 0.243 e. The number of rotatable bonds is 4. The molecule has 0 amide bonds. The minimum atomic E-state index is -0.429. The van der Waals surface area contributed by atoms with Gasteiger partial charge in [-0.05, 0) is 89.7 Å². The Bertz CT molecular complexity index is 2750. The van der Waals surface area contributed by atoms with Crippen LogP contribution in [0.2, 0.25) is 0 Å². The third-order valence-electron chi connectivity index (χ3n) is 12.1. The molecule has 2 aliphatic rings. The summed E-state index contributed by atoms with van der Waals surface area (Å²) in [5, 5.41) is 5.30. The number of benzene rings is 9. The summed E-state index contributed by atoms with van der Waals surface area (Å²) in [5.41, 5.74) is 17.0. The van der Waals surface area contributed by atoms with E-state index in [4.69, 9.17) is 0 Å². The van der Waals surface area contributed by atoms with Crippen LogP contribution in [0.15, 0.2) is 200 Å². The van der Waals surface area contributed by atoms with Gasteiger partial charge in [0, 0.05) is 0 Å². The molecule has 246 valence electrons. The molecule has 9 aromatic carbocycles. The molecular weight excluding hydrogens is 635 g/mol. The van der Waals surface area contributed by atoms with Crippen LogP contribution in [0.5, 0.6) is 0 Å². The van der Waals surface area contributed by atoms with Crippen LogP contribution in [0.25, 0.3) is 43.8 Å². The highest BCUT2D eigenvalue weighted by molar-refractivity contribution is 6.99. The predicted molar refractivity (Wildman–Crippen MR) is 225 cm³/mol. The molecule has 1 aliphatic heterocycles. The van der Waals surface area contributed by atoms with Crippen molar-refractivity contribution in [1.82, 2.24) is 0 Å². The van der Waals surface area contributed by atoms with Crippen molar-refractivity contribution in [3.05, 3.63) is 234 Å². The molecule has 0 fully saturated rings. The Morgan fingerprint density at radius 2 is 0.887 bits per heavy atom. The lowest BCUT2D eigenvalue weighted by Crippen LogP contribution is -2.57. The largest absolute Gasteiger partial charge is 0.243 e. The molecule has 1 heterocycles. The average Bonchev–Trinajstić information content (AvgIpc) is 3.54. The first-order chi connectivity index (χ1) is 26.3. The summed E-state index contributed by atoms with van der Waals surface area (Å²) in [6.07, 6.45) is 0.948. The molecule has 0 saturated carbocycles. The number of fused-ring (bicyclic) bond motifs is 9. The monoisotopic (exact) mass is 670 g/mol. The van der Waals surface area contributed by atoms with Crippen LogP contribution in [0.1, 0.15) is 33.4 Å². The molecule has 11 rings (SSSR count). The van der Waals surface area contributed by atoms with E-state index < -0.39 is 5.41 Å². The Hall–Kier alpha value is -6.44. The maximum atomic E-state index is 2.47. The molecule has 0 bridgehead atoms. The lowest BCUT2D eigenvalue weighted by molar-refractivity contribution is 0.769. The van der Waals surface area contributed by atoms with Crippen LogP contribution < -0.4 is 16.4 Å². The summed E-state index contributed by atoms with van der Waals surface area (Å²) in [6, 6.07) is 75.1. The first-order valence-electron chi connectivity index (χ1n) is 18.8. The quantitative estimate of drug-likeness (QED) is 0.164. The van der Waals surface area contributed by atoms with Crippen LogP contribution in [-0.4, -0.2) is 6.71 Å². The highest BCUT2D eigenvalue weighted by Gasteiger charge is 2.46. The zero-order chi connectivity index (χ0) is 34.9. The Balaban J connectivity index is 1.13. The molecule has 0 radical (unpaired) electrons. The van der Waals surface area contributed by atoms with Crippen molar-refractivity contribution in [3.63, 3.8) is 0 Å². The smallest absolute Gasteiger partial charge is 0.0680 e. The van der Waals surface area contributed by atoms with Gasteiger partial charge < -0.3 is 0 Å². The maximum absolute atomic E-state index is 2.47. The van der Waals surface area contributed by atoms with E-state index in [1.54, 1.807) is 0 Å². The molecule has 0 nitrogen and oxygen atoms in total. The van der Waals surface area contributed by atoms with E-state index in [1.807, 2.05) is 0 Å². The van der Waals surface area contributed by atoms with Crippen molar-refractivity contribution >= 4 is 44.6 Å². The third-order valence-corrected chi connectivity index (χ3v) is 12.1. The molecule has 53 heavy (non-hydrogen) atoms. The molecule has 0 atom stereocenters. The van der Waals surface area contributed by atoms with E-state index in [0.717, 1.165) is 6.42 Å². The van der Waals surface area contributed by atoms with Gasteiger partial charge in [0.05, 0.1) is 5.41 Å². The summed E-state index contributed by atoms with van der Waals surface area (Å²) in [6.45, 7) is 0.110. The van der Waals surface area contributed by atoms with E-state index in [1.165, 1.54) is 93.6 Å². The molecule has 0 aromatic heterocycles. The van der Waals surface area contributed by atoms with Crippen LogP contribution in [0, 0.1) is 0 Å². The zero-order valence-corrected chi connectivity index (χ0v) is 29.3. The van der Waals surface area contributed by atoms with Crippen molar-refractivity contribution < 1.29 is 0 Å². The van der Waals surface area contributed by atoms with Gasteiger partial charge in [-0.3, -0.25) is 0 Å². The standard InChI is InChI=1S/C52H35B/c1-2-18-41(19-3-1)52(48-26-10-8-24-46(48)47-25-9-11-27-49(47)52)42-20-12-16-37(33-42)38-17-13-21-43(34-38)53-50-39(30-28-35-14-4-6-22-44(35)50)32-40-31-29-36-15-5-7-23-45(36)51(40)53/h1-31,33-34H,32H2. The first-order valence-corrected chi connectivity index (χ1v) is 18.8. The summed E-state index contributed by atoms with van der Waals surface area (Å²) >= 11 is 0. The fourth-order valence-electron chi connectivity index (χ4n) is 9.90. The van der Waals surface area contributed by atoms with Gasteiger partial charge in [0.2, 0.25) is 6.71 Å². The zero-order valence-electron chi connectivity index (χ0n) is 29.3. The van der Waals surface area contributed by atoms with Crippen molar-refractivity contribution in [2.75, 3.05) is 0 Å². The second-order valence-electron chi connectivity index (χ2n) is 14.7. The van der Waals surface area contributed by atoms with Gasteiger partial charge in [0.25, 0.3) is 0 Å². The van der Waals surface area contributed by atoms with Gasteiger partial charge >= 0.3 is 0 Å². The second-order valence-corrected chi connectivity index (χ2v) is 14.7. The molecular formula is C52H35B. The van der Waals surface area contributed by atoms with Gasteiger partial charge in [0.15, 0.2) is 0 Å². The van der Waals surface area contributed by atoms with Crippen LogP contribution in [0.4, 0.5) is 0 Å². The molecule has 1 aliphatic carbocycles. The Labute approximate surface area is 311 Å². The van der Waals surface area contributed by atoms with Crippen LogP contribution in [-0.2, 0) is 11.8 Å². The van der Waals surface area contributed by atoms with Crippen molar-refractivity contribution in [1.29, 1.82) is 0 Å². The summed E-state index contributed by atoms with van der Waals surface area (Å²) in [5.74, 6) is 0. The number of hydrogen-bond donors (Lipinski definition) is 0. The third kappa shape index (κ3) is 4.44. The Morgan fingerprint density at radius 1 is 0.377 bits per heavy atom. The normalized spacial score (nSPS) is 13.7. The van der Waals surface area contributed by atoms with Gasteiger partial charge in [0.1, 0.15) is 0 Å². The van der Waals surface area contributed by atoms with Gasteiger partial charge in [-0.1, -0.05) is 211 Å². The van der Waals surface area contributed by atoms with E-state index in [2.05, 4.69) is 200 Å². The minimum absolute atomic E-state index is 0.110. The minimum Gasteiger partial charge on any atom is -0.0680 e. The summed E-state index contributed by atoms with van der Waals surface area (Å²) < 4.78 is 0. The first kappa shape index (κ1) is 30.2. The van der Waals surface area contributed by atoms with E-state index in [9.17, 15) is 0 Å². The molecule has 0 N–H and O–H groups in total. The summed E-state index contributed by atoms with van der Waals surface area (Å²) in [4.78, 5) is 0. The lowest BCUT2D eigenvalue weighted by Gasteiger charge is -2.34. The van der Waals surface area contributed by atoms with Gasteiger partial charge in [-0.25, -0.2) is 0 Å². The molecule has 1 heteroatoms. The Morgan fingerprint density at radius 3 is 1.53 bits per heavy atom. The molecule has 0 spiro atoms. The van der Waals surface area contributed by atoms with Crippen molar-refractivity contribution in [3.8, 4) is 22.3 Å². The van der Waals surface area contributed by atoms with Crippen LogP contribution in [0.3, 0.4) is 0 Å². The summed E-state index contributed by atoms with van der Waals surface area (Å²) in [7, 11) is 0. The fourth-order valence-corrected chi connectivity index (χ4v) is 9.90. The van der Waals surface area contributed by atoms with Gasteiger partial charge in [-0.2, -0.15) is 0 Å². The average molecular weight is 671 g/mol. The molecule has 9 aromatic rings. The highest BCUT2D eigenvalue weighted by atomic mass is 14.5. The highest BCUT2D eigenvalue weighted by Crippen LogP contribution is 2.56. The SMILES string of the molecule is c1ccc(C2(c3cccc(-c4cccc(B5c6c(ccc7ccccc67)Cc6ccc7ccccc7c65)c4)c3)c3ccccc3-c3ccccc32)cc1. The van der Waals surface area contributed by atoms with Crippen molar-refractivity contribution in [2.45, 2.75) is 11.8 Å². The number of hydrogen-bond acceptors (Lipinski definition) is 0. The molecule has 0 unspecified atom stereocenters. The second kappa shape index (κ2) is 11.8. The molecule has 0 saturated heterocycles. The Kier molecular flexibility index (Phi) is 6.73. The van der Waals surface area contributed by atoms with E-state index >= 15 is 0 Å². The van der Waals surface area contributed by atoms with Crippen molar-refractivity contribution in [2.24, 2.45) is 0 Å².